The van der Waals surface area contributed by atoms with Crippen molar-refractivity contribution in [2.45, 2.75) is 51.6 Å². The van der Waals surface area contributed by atoms with Crippen LogP contribution in [0.3, 0.4) is 0 Å². The third-order valence-corrected chi connectivity index (χ3v) is 5.66. The minimum Gasteiger partial charge on any atom is -0.461 e. The van der Waals surface area contributed by atoms with Crippen LogP contribution in [-0.2, 0) is 30.3 Å². The van der Waals surface area contributed by atoms with Crippen LogP contribution >= 0.6 is 0 Å². The van der Waals surface area contributed by atoms with Gasteiger partial charge in [0.05, 0.1) is 38.2 Å². The van der Waals surface area contributed by atoms with E-state index >= 15 is 0 Å². The lowest BCUT2D eigenvalue weighted by Gasteiger charge is -2.22. The number of carbonyl (C=O) groups excluding carboxylic acids is 3. The smallest absolute Gasteiger partial charge is 0.309 e. The lowest BCUT2D eigenvalue weighted by molar-refractivity contribution is -0.153. The van der Waals surface area contributed by atoms with Gasteiger partial charge in [-0.25, -0.2) is 0 Å². The van der Waals surface area contributed by atoms with Gasteiger partial charge in [-0.2, -0.15) is 0 Å². The molecular formula is C26H38N2O6. The zero-order valence-electron chi connectivity index (χ0n) is 20.0. The predicted molar refractivity (Wildman–Crippen MR) is 129 cm³/mol. The molecule has 0 bridgehead atoms. The van der Waals surface area contributed by atoms with Crippen LogP contribution in [0.1, 0.15) is 44.6 Å². The van der Waals surface area contributed by atoms with E-state index in [1.54, 1.807) is 6.92 Å². The first-order valence-corrected chi connectivity index (χ1v) is 12.1. The Hall–Kier alpha value is -2.71. The number of aliphatic hydroxyl groups excluding tert-OH is 1. The van der Waals surface area contributed by atoms with E-state index in [0.717, 1.165) is 24.8 Å². The van der Waals surface area contributed by atoms with E-state index in [1.807, 2.05) is 42.5 Å². The van der Waals surface area contributed by atoms with Gasteiger partial charge in [-0.1, -0.05) is 42.5 Å². The summed E-state index contributed by atoms with van der Waals surface area (Å²) in [5.74, 6) is -1.45. The molecule has 2 rings (SSSR count). The number of rotatable bonds is 9. The second-order valence-electron chi connectivity index (χ2n) is 8.60. The Labute approximate surface area is 202 Å². The lowest BCUT2D eigenvalue weighted by atomic mass is 9.93. The standard InChI is InChI=1S/C26H38N2O6/c1-20-19-28-25(31)22(18-24(30)27-13-15-33-16-14-29)11-7-2-3-8-12-23(26(32)34-20)17-21-9-5-4-6-10-21/h2,4-7,9-10,20,22-23,29H,3,8,11-19H2,1H3,(H,27,30)(H,28,31). The zero-order chi connectivity index (χ0) is 24.6. The Kier molecular flexibility index (Phi) is 13.0. The van der Waals surface area contributed by atoms with Gasteiger partial charge in [0.2, 0.25) is 11.8 Å². The van der Waals surface area contributed by atoms with Crippen molar-refractivity contribution < 1.29 is 29.0 Å². The number of benzene rings is 1. The molecule has 0 saturated heterocycles. The molecule has 1 aliphatic rings. The van der Waals surface area contributed by atoms with E-state index in [-0.39, 0.29) is 49.9 Å². The molecule has 0 aromatic heterocycles. The number of cyclic esters (lactones) is 1. The molecule has 0 spiro atoms. The summed E-state index contributed by atoms with van der Waals surface area (Å²) in [6.45, 7) is 2.74. The van der Waals surface area contributed by atoms with Crippen LogP contribution in [0.15, 0.2) is 42.5 Å². The molecule has 8 heteroatoms. The largest absolute Gasteiger partial charge is 0.461 e. The number of allylic oxidation sites excluding steroid dienone is 2. The van der Waals surface area contributed by atoms with Crippen LogP contribution in [0.5, 0.6) is 0 Å². The maximum absolute atomic E-state index is 12.8. The fourth-order valence-corrected chi connectivity index (χ4v) is 3.80. The highest BCUT2D eigenvalue weighted by Gasteiger charge is 2.25. The first-order valence-electron chi connectivity index (χ1n) is 12.1. The van der Waals surface area contributed by atoms with Gasteiger partial charge in [-0.15, -0.1) is 0 Å². The molecular weight excluding hydrogens is 436 g/mol. The Morgan fingerprint density at radius 2 is 1.97 bits per heavy atom. The van der Waals surface area contributed by atoms with Crippen LogP contribution in [-0.4, -0.2) is 61.9 Å². The first-order chi connectivity index (χ1) is 16.5. The maximum atomic E-state index is 12.8. The van der Waals surface area contributed by atoms with Crippen LogP contribution in [0.25, 0.3) is 0 Å². The number of amides is 2. The monoisotopic (exact) mass is 474 g/mol. The molecule has 0 saturated carbocycles. The average molecular weight is 475 g/mol. The highest BCUT2D eigenvalue weighted by atomic mass is 16.5. The molecule has 0 radical (unpaired) electrons. The molecule has 1 aromatic rings. The summed E-state index contributed by atoms with van der Waals surface area (Å²) >= 11 is 0. The van der Waals surface area contributed by atoms with E-state index in [2.05, 4.69) is 10.6 Å². The summed E-state index contributed by atoms with van der Waals surface area (Å²) in [6, 6.07) is 9.91. The minimum absolute atomic E-state index is 0.0590. The SMILES string of the molecule is CC1CNC(=O)C(CC(=O)NCCOCCO)CC=CCCCC(Cc2ccccc2)C(=O)O1. The van der Waals surface area contributed by atoms with Gasteiger partial charge < -0.3 is 25.2 Å². The van der Waals surface area contributed by atoms with Crippen LogP contribution in [0.4, 0.5) is 0 Å². The minimum atomic E-state index is -0.508. The third kappa shape index (κ3) is 10.9. The molecule has 3 N–H and O–H groups in total. The normalized spacial score (nSPS) is 22.4. The van der Waals surface area contributed by atoms with Crippen molar-refractivity contribution in [3.63, 3.8) is 0 Å². The number of aliphatic hydroxyl groups is 1. The molecule has 0 aliphatic carbocycles. The summed E-state index contributed by atoms with van der Waals surface area (Å²) in [7, 11) is 0. The molecule has 3 unspecified atom stereocenters. The van der Waals surface area contributed by atoms with Gasteiger partial charge >= 0.3 is 5.97 Å². The lowest BCUT2D eigenvalue weighted by Crippen LogP contribution is -2.40. The number of esters is 1. The molecule has 1 aliphatic heterocycles. The molecule has 3 atom stereocenters. The quantitative estimate of drug-likeness (QED) is 0.287. The Bertz CT molecular complexity index is 783. The van der Waals surface area contributed by atoms with Crippen molar-refractivity contribution in [2.75, 3.05) is 32.9 Å². The van der Waals surface area contributed by atoms with E-state index in [1.165, 1.54) is 0 Å². The molecule has 2 amide bonds. The van der Waals surface area contributed by atoms with Crippen molar-refractivity contribution in [3.8, 4) is 0 Å². The first kappa shape index (κ1) is 27.5. The molecule has 8 nitrogen and oxygen atoms in total. The number of ether oxygens (including phenoxy) is 2. The molecule has 34 heavy (non-hydrogen) atoms. The van der Waals surface area contributed by atoms with Crippen LogP contribution in [0, 0.1) is 11.8 Å². The van der Waals surface area contributed by atoms with Gasteiger partial charge in [-0.05, 0) is 44.6 Å². The number of nitrogens with one attached hydrogen (secondary N) is 2. The number of hydrogen-bond acceptors (Lipinski definition) is 6. The summed E-state index contributed by atoms with van der Waals surface area (Å²) < 4.78 is 10.8. The van der Waals surface area contributed by atoms with Crippen LogP contribution in [0.2, 0.25) is 0 Å². The van der Waals surface area contributed by atoms with Crippen molar-refractivity contribution >= 4 is 17.8 Å². The number of carbonyl (C=O) groups is 3. The van der Waals surface area contributed by atoms with Gasteiger partial charge in [0.25, 0.3) is 0 Å². The molecule has 188 valence electrons. The summed E-state index contributed by atoms with van der Waals surface area (Å²) in [5.41, 5.74) is 1.10. The fourth-order valence-electron chi connectivity index (χ4n) is 3.80. The second-order valence-corrected chi connectivity index (χ2v) is 8.60. The maximum Gasteiger partial charge on any atom is 0.309 e. The summed E-state index contributed by atoms with van der Waals surface area (Å²) in [4.78, 5) is 37.8. The van der Waals surface area contributed by atoms with Gasteiger partial charge in [0.15, 0.2) is 0 Å². The van der Waals surface area contributed by atoms with Crippen LogP contribution < -0.4 is 10.6 Å². The van der Waals surface area contributed by atoms with E-state index in [4.69, 9.17) is 14.6 Å². The van der Waals surface area contributed by atoms with Gasteiger partial charge in [-0.3, -0.25) is 14.4 Å². The van der Waals surface area contributed by atoms with Gasteiger partial charge in [0, 0.05) is 13.0 Å². The van der Waals surface area contributed by atoms with Crippen molar-refractivity contribution in [2.24, 2.45) is 11.8 Å². The Balaban J connectivity index is 1.93. The van der Waals surface area contributed by atoms with E-state index < -0.39 is 12.0 Å². The highest BCUT2D eigenvalue weighted by Crippen LogP contribution is 2.19. The topological polar surface area (TPSA) is 114 Å². The number of hydrogen-bond donors (Lipinski definition) is 3. The molecule has 1 aromatic carbocycles. The second kappa shape index (κ2) is 16.0. The summed E-state index contributed by atoms with van der Waals surface area (Å²) in [5, 5.41) is 14.3. The summed E-state index contributed by atoms with van der Waals surface area (Å²) in [6.07, 6.45) is 6.99. The average Bonchev–Trinajstić information content (AvgIpc) is 2.83. The Morgan fingerprint density at radius 3 is 2.74 bits per heavy atom. The highest BCUT2D eigenvalue weighted by molar-refractivity contribution is 5.86. The van der Waals surface area contributed by atoms with Gasteiger partial charge in [0.1, 0.15) is 6.10 Å². The van der Waals surface area contributed by atoms with Crippen molar-refractivity contribution in [1.29, 1.82) is 0 Å². The third-order valence-electron chi connectivity index (χ3n) is 5.66. The zero-order valence-corrected chi connectivity index (χ0v) is 20.0. The van der Waals surface area contributed by atoms with Crippen molar-refractivity contribution in [1.82, 2.24) is 10.6 Å². The predicted octanol–water partition coefficient (Wildman–Crippen LogP) is 2.15. The van der Waals surface area contributed by atoms with E-state index in [9.17, 15) is 14.4 Å². The fraction of sp³-hybridized carbons (Fsp3) is 0.577. The Morgan fingerprint density at radius 1 is 1.18 bits per heavy atom. The molecule has 1 heterocycles. The molecule has 0 fully saturated rings. The van der Waals surface area contributed by atoms with E-state index in [0.29, 0.717) is 26.0 Å². The van der Waals surface area contributed by atoms with Crippen molar-refractivity contribution in [3.05, 3.63) is 48.0 Å².